The van der Waals surface area contributed by atoms with Crippen molar-refractivity contribution in [2.75, 3.05) is 13.1 Å². The van der Waals surface area contributed by atoms with Crippen molar-refractivity contribution in [3.05, 3.63) is 35.9 Å². The van der Waals surface area contributed by atoms with Gasteiger partial charge in [-0.1, -0.05) is 30.3 Å². The molecule has 1 aliphatic heterocycles. The monoisotopic (exact) mass is 292 g/mol. The first-order chi connectivity index (χ1) is 9.93. The zero-order valence-electron chi connectivity index (χ0n) is 12.0. The van der Waals surface area contributed by atoms with Crippen LogP contribution in [0.3, 0.4) is 0 Å². The van der Waals surface area contributed by atoms with Crippen molar-refractivity contribution in [1.29, 1.82) is 0 Å². The number of amides is 2. The van der Waals surface area contributed by atoms with Crippen molar-refractivity contribution in [2.24, 2.45) is 0 Å². The summed E-state index contributed by atoms with van der Waals surface area (Å²) in [6.45, 7) is 2.21. The minimum Gasteiger partial charge on any atom is -0.479 e. The molecule has 1 aromatic rings. The molecule has 3 N–H and O–H groups in total. The lowest BCUT2D eigenvalue weighted by atomic mass is 9.92. The summed E-state index contributed by atoms with van der Waals surface area (Å²) in [5.74, 6) is -1.13. The van der Waals surface area contributed by atoms with Crippen LogP contribution < -0.4 is 5.32 Å². The number of nitrogens with one attached hydrogen (secondary N) is 1. The van der Waals surface area contributed by atoms with E-state index in [4.69, 9.17) is 0 Å². The largest absolute Gasteiger partial charge is 0.479 e. The molecule has 2 amide bonds. The number of aliphatic carboxylic acids is 1. The highest BCUT2D eigenvalue weighted by Crippen LogP contribution is 2.22. The Balaban J connectivity index is 2.17. The van der Waals surface area contributed by atoms with E-state index in [1.165, 1.54) is 11.8 Å². The van der Waals surface area contributed by atoms with Crippen LogP contribution in [0.2, 0.25) is 0 Å². The normalized spacial score (nSPS) is 21.4. The number of carbonyl (C=O) groups excluding carboxylic acids is 1. The van der Waals surface area contributed by atoms with E-state index in [2.05, 4.69) is 5.32 Å². The van der Waals surface area contributed by atoms with E-state index in [1.54, 1.807) is 30.3 Å². The lowest BCUT2D eigenvalue weighted by Gasteiger charge is -2.34. The molecule has 1 saturated heterocycles. The van der Waals surface area contributed by atoms with Gasteiger partial charge in [-0.3, -0.25) is 0 Å². The van der Waals surface area contributed by atoms with Gasteiger partial charge < -0.3 is 20.4 Å². The summed E-state index contributed by atoms with van der Waals surface area (Å²) in [4.78, 5) is 25.4. The van der Waals surface area contributed by atoms with E-state index in [-0.39, 0.29) is 6.54 Å². The number of carbonyl (C=O) groups is 2. The maximum atomic E-state index is 12.3. The molecule has 1 aliphatic rings. The summed E-state index contributed by atoms with van der Waals surface area (Å²) in [5, 5.41) is 21.7. The Labute approximate surface area is 123 Å². The standard InChI is InChI=1S/C15H20N2O4/c1-15(13(19)20,11-6-3-2-4-7-11)16-14(21)17-9-5-8-12(18)10-17/h2-4,6-7,12,18H,5,8-10H2,1H3,(H,16,21)(H,19,20). The fourth-order valence-corrected chi connectivity index (χ4v) is 2.45. The number of carboxylic acids is 1. The van der Waals surface area contributed by atoms with E-state index in [0.717, 1.165) is 0 Å². The highest BCUT2D eigenvalue weighted by atomic mass is 16.4. The summed E-state index contributed by atoms with van der Waals surface area (Å²) in [5.41, 5.74) is -0.996. The molecule has 2 unspecified atom stereocenters. The SMILES string of the molecule is CC(NC(=O)N1CCCC(O)C1)(C(=O)O)c1ccccc1. The van der Waals surface area contributed by atoms with Gasteiger partial charge in [0.05, 0.1) is 6.10 Å². The van der Waals surface area contributed by atoms with Gasteiger partial charge in [-0.2, -0.15) is 0 Å². The molecule has 0 spiro atoms. The number of hydrogen-bond donors (Lipinski definition) is 3. The minimum atomic E-state index is -1.50. The second kappa shape index (κ2) is 6.13. The first-order valence-corrected chi connectivity index (χ1v) is 6.97. The van der Waals surface area contributed by atoms with Crippen LogP contribution in [0.4, 0.5) is 4.79 Å². The van der Waals surface area contributed by atoms with Crippen LogP contribution in [-0.4, -0.2) is 46.3 Å². The molecule has 6 nitrogen and oxygen atoms in total. The maximum absolute atomic E-state index is 12.3. The molecule has 114 valence electrons. The molecular weight excluding hydrogens is 272 g/mol. The van der Waals surface area contributed by atoms with E-state index in [9.17, 15) is 19.8 Å². The van der Waals surface area contributed by atoms with Crippen LogP contribution in [0.1, 0.15) is 25.3 Å². The minimum absolute atomic E-state index is 0.232. The molecule has 2 rings (SSSR count). The summed E-state index contributed by atoms with van der Waals surface area (Å²) in [6.07, 6.45) is 0.833. The average Bonchev–Trinajstić information content (AvgIpc) is 2.47. The Kier molecular flexibility index (Phi) is 4.47. The van der Waals surface area contributed by atoms with Crippen LogP contribution in [0.25, 0.3) is 0 Å². The van der Waals surface area contributed by atoms with Crippen LogP contribution >= 0.6 is 0 Å². The van der Waals surface area contributed by atoms with Gasteiger partial charge in [-0.25, -0.2) is 9.59 Å². The molecule has 2 atom stereocenters. The molecule has 0 aliphatic carbocycles. The number of aliphatic hydroxyl groups excluding tert-OH is 1. The number of piperidine rings is 1. The van der Waals surface area contributed by atoms with E-state index < -0.39 is 23.6 Å². The van der Waals surface area contributed by atoms with Gasteiger partial charge in [0.25, 0.3) is 0 Å². The highest BCUT2D eigenvalue weighted by molar-refractivity contribution is 5.87. The van der Waals surface area contributed by atoms with Crippen LogP contribution in [0, 0.1) is 0 Å². The number of nitrogens with zero attached hydrogens (tertiary/aromatic N) is 1. The molecule has 21 heavy (non-hydrogen) atoms. The molecular formula is C15H20N2O4. The molecule has 0 saturated carbocycles. The van der Waals surface area contributed by atoms with E-state index >= 15 is 0 Å². The second-order valence-corrected chi connectivity index (χ2v) is 5.47. The number of β-amino-alcohol motifs (C(OH)–C–C–N with tert-alkyl or cyclic N) is 1. The van der Waals surface area contributed by atoms with Gasteiger partial charge in [-0.05, 0) is 25.3 Å². The Bertz CT molecular complexity index is 520. The Morgan fingerprint density at radius 3 is 2.57 bits per heavy atom. The van der Waals surface area contributed by atoms with Gasteiger partial charge in [0.15, 0.2) is 5.54 Å². The maximum Gasteiger partial charge on any atom is 0.333 e. The zero-order valence-corrected chi connectivity index (χ0v) is 12.0. The van der Waals surface area contributed by atoms with Crippen LogP contribution in [0.15, 0.2) is 30.3 Å². The third-order valence-corrected chi connectivity index (χ3v) is 3.82. The first-order valence-electron chi connectivity index (χ1n) is 6.97. The summed E-state index contributed by atoms with van der Waals surface area (Å²) < 4.78 is 0. The summed E-state index contributed by atoms with van der Waals surface area (Å²) in [7, 11) is 0. The Morgan fingerprint density at radius 2 is 2.00 bits per heavy atom. The smallest absolute Gasteiger partial charge is 0.333 e. The number of aliphatic hydroxyl groups is 1. The predicted molar refractivity (Wildman–Crippen MR) is 76.8 cm³/mol. The van der Waals surface area contributed by atoms with Crippen LogP contribution in [-0.2, 0) is 10.3 Å². The molecule has 0 bridgehead atoms. The number of benzene rings is 1. The zero-order chi connectivity index (χ0) is 15.5. The van der Waals surface area contributed by atoms with E-state index in [1.807, 2.05) is 0 Å². The predicted octanol–water partition coefficient (Wildman–Crippen LogP) is 1.15. The van der Waals surface area contributed by atoms with Crippen LogP contribution in [0.5, 0.6) is 0 Å². The number of carboxylic acid groups (broad SMARTS) is 1. The number of rotatable bonds is 3. The molecule has 1 fully saturated rings. The first kappa shape index (κ1) is 15.3. The molecule has 0 radical (unpaired) electrons. The average molecular weight is 292 g/mol. The second-order valence-electron chi connectivity index (χ2n) is 5.47. The fourth-order valence-electron chi connectivity index (χ4n) is 2.45. The Morgan fingerprint density at radius 1 is 1.33 bits per heavy atom. The molecule has 6 heteroatoms. The van der Waals surface area contributed by atoms with Crippen molar-refractivity contribution < 1.29 is 19.8 Å². The van der Waals surface area contributed by atoms with Crippen molar-refractivity contribution in [3.63, 3.8) is 0 Å². The quantitative estimate of drug-likeness (QED) is 0.779. The highest BCUT2D eigenvalue weighted by Gasteiger charge is 2.38. The van der Waals surface area contributed by atoms with Gasteiger partial charge >= 0.3 is 12.0 Å². The van der Waals surface area contributed by atoms with Crippen molar-refractivity contribution >= 4 is 12.0 Å². The number of likely N-dealkylation sites (tertiary alicyclic amines) is 1. The third-order valence-electron chi connectivity index (χ3n) is 3.82. The van der Waals surface area contributed by atoms with Gasteiger partial charge in [0, 0.05) is 13.1 Å². The van der Waals surface area contributed by atoms with Crippen molar-refractivity contribution in [2.45, 2.75) is 31.4 Å². The topological polar surface area (TPSA) is 89.9 Å². The van der Waals surface area contributed by atoms with Gasteiger partial charge in [0.2, 0.25) is 0 Å². The van der Waals surface area contributed by atoms with E-state index in [0.29, 0.717) is 24.9 Å². The van der Waals surface area contributed by atoms with Crippen molar-refractivity contribution in [3.8, 4) is 0 Å². The fraction of sp³-hybridized carbons (Fsp3) is 0.467. The number of urea groups is 1. The lowest BCUT2D eigenvalue weighted by molar-refractivity contribution is -0.144. The van der Waals surface area contributed by atoms with Crippen molar-refractivity contribution in [1.82, 2.24) is 10.2 Å². The molecule has 0 aromatic heterocycles. The van der Waals surface area contributed by atoms with Gasteiger partial charge in [0.1, 0.15) is 0 Å². The lowest BCUT2D eigenvalue weighted by Crippen LogP contribution is -2.56. The summed E-state index contributed by atoms with van der Waals surface area (Å²) in [6, 6.07) is 8.11. The number of hydrogen-bond acceptors (Lipinski definition) is 3. The summed E-state index contributed by atoms with van der Waals surface area (Å²) >= 11 is 0. The Hall–Kier alpha value is -2.08. The third kappa shape index (κ3) is 3.33. The molecule has 1 aromatic carbocycles. The van der Waals surface area contributed by atoms with Gasteiger partial charge in [-0.15, -0.1) is 0 Å². The molecule has 1 heterocycles.